The summed E-state index contributed by atoms with van der Waals surface area (Å²) in [5, 5.41) is 20.4. The van der Waals surface area contributed by atoms with Gasteiger partial charge in [-0.1, -0.05) is 48.0 Å². The number of nitro benzene ring substituents is 1. The number of nitrogens with zero attached hydrogens (tertiary/aromatic N) is 3. The zero-order chi connectivity index (χ0) is 23.8. The minimum Gasteiger partial charge on any atom is -0.325 e. The van der Waals surface area contributed by atoms with Gasteiger partial charge in [0.2, 0.25) is 5.91 Å². The third-order valence-corrected chi connectivity index (χ3v) is 7.52. The Hall–Kier alpha value is -4.04. The summed E-state index contributed by atoms with van der Waals surface area (Å²) in [5.41, 5.74) is 0.133. The van der Waals surface area contributed by atoms with Crippen molar-refractivity contribution in [3.05, 3.63) is 99.1 Å². The number of anilines is 2. The molecule has 1 fully saturated rings. The first-order chi connectivity index (χ1) is 16.3. The molecule has 2 amide bonds. The molecule has 0 saturated heterocycles. The van der Waals surface area contributed by atoms with Gasteiger partial charge >= 0.3 is 0 Å². The second-order valence-corrected chi connectivity index (χ2v) is 9.06. The van der Waals surface area contributed by atoms with Crippen LogP contribution in [0.3, 0.4) is 0 Å². The van der Waals surface area contributed by atoms with Crippen LogP contribution in [0.1, 0.15) is 24.0 Å². The van der Waals surface area contributed by atoms with E-state index in [1.165, 1.54) is 17.1 Å². The molecule has 3 aliphatic rings. The predicted octanol–water partition coefficient (Wildman–Crippen LogP) is 4.64. The van der Waals surface area contributed by atoms with E-state index >= 15 is 0 Å². The Kier molecular flexibility index (Phi) is 4.08. The zero-order valence-corrected chi connectivity index (χ0v) is 18.6. The van der Waals surface area contributed by atoms with Crippen molar-refractivity contribution in [3.8, 4) is 0 Å². The van der Waals surface area contributed by atoms with Gasteiger partial charge in [-0.05, 0) is 36.8 Å². The van der Waals surface area contributed by atoms with E-state index in [1.807, 2.05) is 18.2 Å². The summed E-state index contributed by atoms with van der Waals surface area (Å²) < 4.78 is 0. The molecule has 2 spiro atoms. The molecule has 1 aliphatic carbocycles. The molecule has 2 aliphatic heterocycles. The molecule has 0 radical (unpaired) electrons. The highest BCUT2D eigenvalue weighted by Crippen LogP contribution is 2.80. The second kappa shape index (κ2) is 6.74. The molecule has 8 nitrogen and oxygen atoms in total. The van der Waals surface area contributed by atoms with Gasteiger partial charge < -0.3 is 5.32 Å². The fraction of sp³-hybridized carbons (Fsp3) is 0.160. The number of nitro groups is 1. The van der Waals surface area contributed by atoms with Gasteiger partial charge in [0.1, 0.15) is 10.8 Å². The van der Waals surface area contributed by atoms with Crippen molar-refractivity contribution in [3.63, 3.8) is 0 Å². The quantitative estimate of drug-likeness (QED) is 0.442. The van der Waals surface area contributed by atoms with Crippen LogP contribution < -0.4 is 10.3 Å². The number of hydrogen-bond donors (Lipinski definition) is 1. The normalized spacial score (nSPS) is 26.6. The van der Waals surface area contributed by atoms with Gasteiger partial charge in [-0.15, -0.1) is 0 Å². The minimum absolute atomic E-state index is 0.0733. The van der Waals surface area contributed by atoms with Crippen molar-refractivity contribution in [2.45, 2.75) is 18.3 Å². The lowest BCUT2D eigenvalue weighted by Gasteiger charge is -2.18. The van der Waals surface area contributed by atoms with Crippen molar-refractivity contribution in [2.75, 3.05) is 10.3 Å². The van der Waals surface area contributed by atoms with Crippen molar-refractivity contribution < 1.29 is 14.5 Å². The van der Waals surface area contributed by atoms with Crippen LogP contribution in [0.15, 0.2) is 77.9 Å². The van der Waals surface area contributed by atoms with E-state index in [1.54, 1.807) is 49.4 Å². The largest absolute Gasteiger partial charge is 0.325 e. The molecular weight excluding hydrogens is 456 g/mol. The maximum Gasteiger partial charge on any atom is 0.269 e. The summed E-state index contributed by atoms with van der Waals surface area (Å²) in [6, 6.07) is 20.2. The first kappa shape index (κ1) is 20.6. The molecule has 1 N–H and O–H groups in total. The lowest BCUT2D eigenvalue weighted by molar-refractivity contribution is -0.384. The van der Waals surface area contributed by atoms with Crippen LogP contribution in [0, 0.1) is 15.5 Å². The number of amides is 2. The van der Waals surface area contributed by atoms with Crippen molar-refractivity contribution >= 4 is 46.2 Å². The van der Waals surface area contributed by atoms with E-state index in [9.17, 15) is 19.7 Å². The number of carbonyl (C=O) groups excluding carboxylic acids is 2. The average Bonchev–Trinajstić information content (AvgIpc) is 3.25. The van der Waals surface area contributed by atoms with Crippen LogP contribution in [-0.4, -0.2) is 22.4 Å². The number of halogens is 1. The van der Waals surface area contributed by atoms with E-state index in [4.69, 9.17) is 11.6 Å². The number of hydrogen-bond acceptors (Lipinski definition) is 5. The summed E-state index contributed by atoms with van der Waals surface area (Å²) >= 11 is 6.64. The second-order valence-electron chi connectivity index (χ2n) is 8.65. The van der Waals surface area contributed by atoms with Gasteiger partial charge in [0.25, 0.3) is 11.6 Å². The van der Waals surface area contributed by atoms with Crippen molar-refractivity contribution in [1.29, 1.82) is 0 Å². The molecule has 6 rings (SSSR count). The number of non-ortho nitro benzene ring substituents is 1. The summed E-state index contributed by atoms with van der Waals surface area (Å²) in [7, 11) is 0. The highest BCUT2D eigenvalue weighted by Gasteiger charge is 2.90. The molecule has 34 heavy (non-hydrogen) atoms. The predicted molar refractivity (Wildman–Crippen MR) is 127 cm³/mol. The number of benzene rings is 3. The van der Waals surface area contributed by atoms with E-state index in [2.05, 4.69) is 10.4 Å². The Balaban J connectivity index is 1.59. The highest BCUT2D eigenvalue weighted by molar-refractivity contribution is 6.37. The molecule has 9 heteroatoms. The van der Waals surface area contributed by atoms with Crippen molar-refractivity contribution in [1.82, 2.24) is 0 Å². The molecule has 168 valence electrons. The molecule has 2 heterocycles. The third kappa shape index (κ3) is 2.25. The van der Waals surface area contributed by atoms with Crippen LogP contribution >= 0.6 is 11.6 Å². The summed E-state index contributed by atoms with van der Waals surface area (Å²) in [6.07, 6.45) is 0. The van der Waals surface area contributed by atoms with Crippen LogP contribution in [0.2, 0.25) is 5.02 Å². The maximum absolute atomic E-state index is 14.2. The number of nitrogens with one attached hydrogen (secondary N) is 1. The Morgan fingerprint density at radius 2 is 1.71 bits per heavy atom. The molecule has 1 saturated carbocycles. The van der Waals surface area contributed by atoms with Gasteiger partial charge in [0, 0.05) is 34.3 Å². The van der Waals surface area contributed by atoms with E-state index < -0.39 is 21.7 Å². The summed E-state index contributed by atoms with van der Waals surface area (Å²) in [6.45, 7) is 1.75. The first-order valence-corrected chi connectivity index (χ1v) is 11.0. The topological polar surface area (TPSA) is 105 Å². The Labute approximate surface area is 199 Å². The van der Waals surface area contributed by atoms with Gasteiger partial charge in [-0.3, -0.25) is 19.7 Å². The standard InChI is InChI=1S/C25H17ClN4O4/c1-14-24(23(32)29(28-14)16-6-3-2-4-7-16)21(15-10-12-17(13-11-15)30(33)34)25(24)20-18(26)8-5-9-19(20)27-22(25)31/h2-13,21H,1H3,(H,27,31)/t21?,24-,25+/m0/s1. The molecule has 3 aromatic carbocycles. The third-order valence-electron chi connectivity index (χ3n) is 7.21. The van der Waals surface area contributed by atoms with Crippen LogP contribution in [0.5, 0.6) is 0 Å². The number of fused-ring (bicyclic) bond motifs is 3. The first-order valence-electron chi connectivity index (χ1n) is 10.6. The Bertz CT molecular complexity index is 1440. The van der Waals surface area contributed by atoms with Gasteiger partial charge in [-0.25, -0.2) is 0 Å². The van der Waals surface area contributed by atoms with Gasteiger partial charge in [0.15, 0.2) is 0 Å². The van der Waals surface area contributed by atoms with E-state index in [0.29, 0.717) is 33.2 Å². The molecule has 3 atom stereocenters. The van der Waals surface area contributed by atoms with Crippen LogP contribution in [0.25, 0.3) is 0 Å². The van der Waals surface area contributed by atoms with E-state index in [-0.39, 0.29) is 17.5 Å². The fourth-order valence-corrected chi connectivity index (χ4v) is 6.23. The average molecular weight is 473 g/mol. The van der Waals surface area contributed by atoms with Gasteiger partial charge in [-0.2, -0.15) is 10.1 Å². The molecule has 0 aromatic heterocycles. The van der Waals surface area contributed by atoms with E-state index in [0.717, 1.165) is 0 Å². The Morgan fingerprint density at radius 1 is 1.00 bits per heavy atom. The summed E-state index contributed by atoms with van der Waals surface area (Å²) in [5.74, 6) is -1.30. The molecule has 3 aromatic rings. The van der Waals surface area contributed by atoms with Crippen LogP contribution in [-0.2, 0) is 15.0 Å². The fourth-order valence-electron chi connectivity index (χ4n) is 5.90. The molecular formula is C25H17ClN4O4. The smallest absolute Gasteiger partial charge is 0.269 e. The lowest BCUT2D eigenvalue weighted by atomic mass is 9.84. The molecule has 0 bridgehead atoms. The number of para-hydroxylation sites is 1. The number of carbonyl (C=O) groups is 2. The monoisotopic (exact) mass is 472 g/mol. The lowest BCUT2D eigenvalue weighted by Crippen LogP contribution is -2.38. The number of hydrazone groups is 1. The minimum atomic E-state index is -1.31. The SMILES string of the molecule is CC1=NN(c2ccccc2)C(=O)[C@@]12C(c1ccc([N+](=O)[O-])cc1)[C@]21C(=O)Nc2cccc(Cl)c21. The Morgan fingerprint density at radius 3 is 2.38 bits per heavy atom. The molecule has 1 unspecified atom stereocenters. The van der Waals surface area contributed by atoms with Crippen LogP contribution in [0.4, 0.5) is 17.1 Å². The maximum atomic E-state index is 14.2. The summed E-state index contributed by atoms with van der Waals surface area (Å²) in [4.78, 5) is 38.6. The van der Waals surface area contributed by atoms with Crippen molar-refractivity contribution in [2.24, 2.45) is 10.5 Å². The van der Waals surface area contributed by atoms with Gasteiger partial charge in [0.05, 0.1) is 16.3 Å². The number of rotatable bonds is 3. The highest BCUT2D eigenvalue weighted by atomic mass is 35.5. The zero-order valence-electron chi connectivity index (χ0n) is 17.9.